The fraction of sp³-hybridized carbons (Fsp3) is 0.0714. The van der Waals surface area contributed by atoms with Gasteiger partial charge in [0.25, 0.3) is 0 Å². The first-order valence-corrected chi connectivity index (χ1v) is 5.22. The molecule has 2 aromatic rings. The van der Waals surface area contributed by atoms with Crippen LogP contribution in [-0.2, 0) is 11.4 Å². The molecule has 0 aliphatic rings. The molecular formula is C14H11FNO. The number of halogens is 1. The van der Waals surface area contributed by atoms with Crippen LogP contribution in [0.3, 0.4) is 0 Å². The standard InChI is InChI=1S/C14H11FNO/c15-14-8-4-7-13(9-14)11-17-16-10-12-5-2-1-3-6-12/h1-9H,11H2. The van der Waals surface area contributed by atoms with Gasteiger partial charge in [-0.25, -0.2) is 4.39 Å². The summed E-state index contributed by atoms with van der Waals surface area (Å²) in [5.74, 6) is -0.276. The molecule has 0 heterocycles. The first-order chi connectivity index (χ1) is 8.34. The van der Waals surface area contributed by atoms with Gasteiger partial charge in [0.15, 0.2) is 0 Å². The monoisotopic (exact) mass is 228 g/mol. The van der Waals surface area contributed by atoms with Crippen molar-refractivity contribution in [3.05, 3.63) is 71.5 Å². The fourth-order valence-electron chi connectivity index (χ4n) is 1.33. The van der Waals surface area contributed by atoms with Crippen molar-refractivity contribution in [3.63, 3.8) is 0 Å². The maximum Gasteiger partial charge on any atom is 0.142 e. The molecule has 0 saturated carbocycles. The maximum atomic E-state index is 12.8. The highest BCUT2D eigenvalue weighted by Gasteiger charge is 1.94. The lowest BCUT2D eigenvalue weighted by Crippen LogP contribution is -1.89. The Bertz CT molecular complexity index is 497. The highest BCUT2D eigenvalue weighted by molar-refractivity contribution is 5.78. The molecule has 0 saturated heterocycles. The Morgan fingerprint density at radius 1 is 1.06 bits per heavy atom. The van der Waals surface area contributed by atoms with Gasteiger partial charge in [0.2, 0.25) is 0 Å². The predicted octanol–water partition coefficient (Wildman–Crippen LogP) is 3.25. The lowest BCUT2D eigenvalue weighted by Gasteiger charge is -1.99. The van der Waals surface area contributed by atoms with E-state index < -0.39 is 0 Å². The molecule has 0 atom stereocenters. The Balaban J connectivity index is 1.86. The van der Waals surface area contributed by atoms with Gasteiger partial charge in [-0.15, -0.1) is 0 Å². The molecular weight excluding hydrogens is 217 g/mol. The van der Waals surface area contributed by atoms with Crippen LogP contribution in [0.4, 0.5) is 4.39 Å². The van der Waals surface area contributed by atoms with Crippen LogP contribution in [0.25, 0.3) is 0 Å². The summed E-state index contributed by atoms with van der Waals surface area (Å²) in [5.41, 5.74) is 1.58. The van der Waals surface area contributed by atoms with Crippen molar-refractivity contribution in [3.8, 4) is 0 Å². The van der Waals surface area contributed by atoms with E-state index in [2.05, 4.69) is 11.4 Å². The summed E-state index contributed by atoms with van der Waals surface area (Å²) in [4.78, 5) is 5.03. The third-order valence-electron chi connectivity index (χ3n) is 2.13. The van der Waals surface area contributed by atoms with Crippen molar-refractivity contribution >= 4 is 6.21 Å². The molecule has 17 heavy (non-hydrogen) atoms. The summed E-state index contributed by atoms with van der Waals surface area (Å²) in [6, 6.07) is 15.7. The number of rotatable bonds is 4. The second kappa shape index (κ2) is 5.80. The second-order valence-corrected chi connectivity index (χ2v) is 3.47. The van der Waals surface area contributed by atoms with Crippen LogP contribution in [0, 0.1) is 5.82 Å². The molecule has 0 aliphatic carbocycles. The average Bonchev–Trinajstić information content (AvgIpc) is 2.36. The van der Waals surface area contributed by atoms with Gasteiger partial charge in [-0.3, -0.25) is 0 Å². The molecule has 0 spiro atoms. The lowest BCUT2D eigenvalue weighted by atomic mass is 10.2. The largest absolute Gasteiger partial charge is 0.390 e. The van der Waals surface area contributed by atoms with E-state index in [1.807, 2.05) is 30.3 Å². The lowest BCUT2D eigenvalue weighted by molar-refractivity contribution is 0.132. The van der Waals surface area contributed by atoms with E-state index >= 15 is 0 Å². The van der Waals surface area contributed by atoms with Crippen LogP contribution in [0.15, 0.2) is 59.8 Å². The Labute approximate surface area is 99.3 Å². The molecule has 3 heteroatoms. The second-order valence-electron chi connectivity index (χ2n) is 3.47. The van der Waals surface area contributed by atoms with E-state index in [-0.39, 0.29) is 12.4 Å². The van der Waals surface area contributed by atoms with Crippen molar-refractivity contribution < 1.29 is 9.23 Å². The zero-order valence-electron chi connectivity index (χ0n) is 9.14. The van der Waals surface area contributed by atoms with Crippen LogP contribution in [0.2, 0.25) is 0 Å². The molecule has 0 N–H and O–H groups in total. The van der Waals surface area contributed by atoms with Gasteiger partial charge < -0.3 is 4.84 Å². The number of benzene rings is 2. The highest BCUT2D eigenvalue weighted by atomic mass is 19.1. The SMILES string of the molecule is Fc1cccc(CO/N=[C]\c2ccccc2)c1. The summed E-state index contributed by atoms with van der Waals surface area (Å²) < 4.78 is 12.8. The quantitative estimate of drug-likeness (QED) is 0.581. The normalized spacial score (nSPS) is 10.6. The predicted molar refractivity (Wildman–Crippen MR) is 64.2 cm³/mol. The van der Waals surface area contributed by atoms with E-state index in [0.29, 0.717) is 0 Å². The van der Waals surface area contributed by atoms with E-state index in [1.54, 1.807) is 12.1 Å². The van der Waals surface area contributed by atoms with Crippen LogP contribution in [0.5, 0.6) is 0 Å². The zero-order chi connectivity index (χ0) is 11.9. The third kappa shape index (κ3) is 3.72. The van der Waals surface area contributed by atoms with E-state index in [9.17, 15) is 4.39 Å². The van der Waals surface area contributed by atoms with E-state index in [1.165, 1.54) is 12.1 Å². The molecule has 2 rings (SSSR count). The van der Waals surface area contributed by atoms with Gasteiger partial charge in [0, 0.05) is 5.56 Å². The molecule has 2 nitrogen and oxygen atoms in total. The van der Waals surface area contributed by atoms with Gasteiger partial charge in [0.05, 0.1) is 0 Å². The van der Waals surface area contributed by atoms with Gasteiger partial charge in [-0.2, -0.15) is 0 Å². The zero-order valence-corrected chi connectivity index (χ0v) is 9.14. The van der Waals surface area contributed by atoms with Crippen molar-refractivity contribution in [1.82, 2.24) is 0 Å². The molecule has 0 fully saturated rings. The minimum atomic E-state index is -0.276. The Morgan fingerprint density at radius 3 is 2.65 bits per heavy atom. The summed E-state index contributed by atoms with van der Waals surface area (Å²) in [6.07, 6.45) is 2.74. The third-order valence-corrected chi connectivity index (χ3v) is 2.13. The molecule has 0 amide bonds. The smallest absolute Gasteiger partial charge is 0.142 e. The van der Waals surface area contributed by atoms with Crippen molar-refractivity contribution in [2.24, 2.45) is 5.16 Å². The summed E-state index contributed by atoms with van der Waals surface area (Å²) in [7, 11) is 0. The minimum Gasteiger partial charge on any atom is -0.390 e. The Kier molecular flexibility index (Phi) is 3.86. The Morgan fingerprint density at radius 2 is 1.88 bits per heavy atom. The summed E-state index contributed by atoms with van der Waals surface area (Å²) in [6.45, 7) is 0.234. The van der Waals surface area contributed by atoms with E-state index in [4.69, 9.17) is 4.84 Å². The first kappa shape index (κ1) is 11.3. The number of hydrogen-bond acceptors (Lipinski definition) is 2. The van der Waals surface area contributed by atoms with Crippen LogP contribution >= 0.6 is 0 Å². The van der Waals surface area contributed by atoms with Crippen molar-refractivity contribution in [2.45, 2.75) is 6.61 Å². The van der Waals surface area contributed by atoms with E-state index in [0.717, 1.165) is 11.1 Å². The van der Waals surface area contributed by atoms with Crippen molar-refractivity contribution in [2.75, 3.05) is 0 Å². The van der Waals surface area contributed by atoms with Gasteiger partial charge in [-0.05, 0) is 17.7 Å². The maximum absolute atomic E-state index is 12.8. The summed E-state index contributed by atoms with van der Waals surface area (Å²) >= 11 is 0. The Hall–Kier alpha value is -2.16. The molecule has 2 aromatic carbocycles. The summed E-state index contributed by atoms with van der Waals surface area (Å²) in [5, 5.41) is 3.69. The molecule has 0 bridgehead atoms. The molecule has 0 aliphatic heterocycles. The molecule has 1 radical (unpaired) electrons. The topological polar surface area (TPSA) is 21.6 Å². The number of nitrogens with zero attached hydrogens (tertiary/aromatic N) is 1. The fourth-order valence-corrected chi connectivity index (χ4v) is 1.33. The van der Waals surface area contributed by atoms with Crippen molar-refractivity contribution in [1.29, 1.82) is 0 Å². The van der Waals surface area contributed by atoms with Crippen LogP contribution in [0.1, 0.15) is 11.1 Å². The highest BCUT2D eigenvalue weighted by Crippen LogP contribution is 2.05. The minimum absolute atomic E-state index is 0.234. The molecule has 0 aromatic heterocycles. The van der Waals surface area contributed by atoms with Crippen LogP contribution < -0.4 is 0 Å². The first-order valence-electron chi connectivity index (χ1n) is 5.22. The van der Waals surface area contributed by atoms with Gasteiger partial charge in [0.1, 0.15) is 18.6 Å². The number of hydrogen-bond donors (Lipinski definition) is 0. The van der Waals surface area contributed by atoms with Gasteiger partial charge in [-0.1, -0.05) is 47.6 Å². The van der Waals surface area contributed by atoms with Gasteiger partial charge >= 0.3 is 0 Å². The molecule has 85 valence electrons. The van der Waals surface area contributed by atoms with Crippen LogP contribution in [-0.4, -0.2) is 6.21 Å². The average molecular weight is 228 g/mol. The molecule has 0 unspecified atom stereocenters.